The Balaban J connectivity index is 2.41. The number of nitrogen functional groups attached to an aromatic ring is 1. The Morgan fingerprint density at radius 3 is 2.93 bits per heavy atom. The van der Waals surface area contributed by atoms with E-state index in [1.54, 1.807) is 6.33 Å². The molecule has 1 atom stereocenters. The zero-order valence-corrected chi connectivity index (χ0v) is 8.59. The average molecular weight is 206 g/mol. The van der Waals surface area contributed by atoms with Crippen LogP contribution >= 0.6 is 0 Å². The summed E-state index contributed by atoms with van der Waals surface area (Å²) in [6, 6.07) is 0.110. The highest BCUT2D eigenvalue weighted by Gasteiger charge is 2.09. The largest absolute Gasteiger partial charge is 0.382 e. The normalized spacial score (nSPS) is 13.2. The van der Waals surface area contributed by atoms with Crippen molar-refractivity contribution in [1.29, 1.82) is 0 Å². The van der Waals surface area contributed by atoms with Crippen molar-refractivity contribution in [3.05, 3.63) is 12.7 Å². The Morgan fingerprint density at radius 2 is 2.20 bits per heavy atom. The summed E-state index contributed by atoms with van der Waals surface area (Å²) in [6.45, 7) is 2.75. The van der Waals surface area contributed by atoms with Gasteiger partial charge in [0.25, 0.3) is 0 Å². The van der Waals surface area contributed by atoms with E-state index in [-0.39, 0.29) is 6.04 Å². The van der Waals surface area contributed by atoms with Crippen LogP contribution in [-0.4, -0.2) is 25.6 Å². The van der Waals surface area contributed by atoms with Gasteiger partial charge in [-0.2, -0.15) is 0 Å². The summed E-state index contributed by atoms with van der Waals surface area (Å²) >= 11 is 0. The Morgan fingerprint density at radius 1 is 1.40 bits per heavy atom. The fraction of sp³-hybridized carbons (Fsp3) is 0.444. The summed E-state index contributed by atoms with van der Waals surface area (Å²) in [5, 5.41) is 0. The van der Waals surface area contributed by atoms with Crippen molar-refractivity contribution < 1.29 is 0 Å². The molecular formula is C9H14N6. The number of hydrogen-bond donors (Lipinski definition) is 2. The molecule has 0 amide bonds. The van der Waals surface area contributed by atoms with Crippen LogP contribution in [0.25, 0.3) is 11.2 Å². The summed E-state index contributed by atoms with van der Waals surface area (Å²) in [4.78, 5) is 12.2. The van der Waals surface area contributed by atoms with Crippen LogP contribution in [0.4, 0.5) is 5.82 Å². The second kappa shape index (κ2) is 3.82. The first-order chi connectivity index (χ1) is 7.22. The van der Waals surface area contributed by atoms with Gasteiger partial charge in [0, 0.05) is 12.6 Å². The number of fused-ring (bicyclic) bond motifs is 1. The van der Waals surface area contributed by atoms with Gasteiger partial charge in [-0.1, -0.05) is 6.92 Å². The van der Waals surface area contributed by atoms with E-state index in [0.29, 0.717) is 17.9 Å². The molecule has 0 aliphatic heterocycles. The van der Waals surface area contributed by atoms with E-state index in [9.17, 15) is 0 Å². The van der Waals surface area contributed by atoms with Crippen molar-refractivity contribution in [2.24, 2.45) is 5.73 Å². The summed E-state index contributed by atoms with van der Waals surface area (Å²) < 4.78 is 1.90. The lowest BCUT2D eigenvalue weighted by atomic mass is 10.2. The van der Waals surface area contributed by atoms with E-state index >= 15 is 0 Å². The van der Waals surface area contributed by atoms with E-state index in [0.717, 1.165) is 12.1 Å². The molecule has 0 saturated carbocycles. The molecular weight excluding hydrogens is 192 g/mol. The fourth-order valence-corrected chi connectivity index (χ4v) is 1.41. The van der Waals surface area contributed by atoms with Gasteiger partial charge < -0.3 is 16.0 Å². The third-order valence-electron chi connectivity index (χ3n) is 2.39. The Labute approximate surface area is 87.3 Å². The maximum absolute atomic E-state index is 5.87. The van der Waals surface area contributed by atoms with E-state index in [1.165, 1.54) is 6.33 Å². The van der Waals surface area contributed by atoms with Crippen molar-refractivity contribution in [3.8, 4) is 0 Å². The second-order valence-corrected chi connectivity index (χ2v) is 3.50. The van der Waals surface area contributed by atoms with Gasteiger partial charge in [-0.3, -0.25) is 0 Å². The molecule has 0 saturated heterocycles. The first-order valence-corrected chi connectivity index (χ1v) is 4.89. The fourth-order valence-electron chi connectivity index (χ4n) is 1.41. The molecule has 2 aromatic heterocycles. The maximum atomic E-state index is 5.87. The molecule has 80 valence electrons. The summed E-state index contributed by atoms with van der Waals surface area (Å²) in [5.41, 5.74) is 12.9. The molecule has 0 aromatic carbocycles. The zero-order valence-electron chi connectivity index (χ0n) is 8.59. The lowest BCUT2D eigenvalue weighted by Gasteiger charge is -2.09. The molecule has 0 unspecified atom stereocenters. The van der Waals surface area contributed by atoms with Crippen molar-refractivity contribution in [2.45, 2.75) is 25.9 Å². The predicted molar refractivity (Wildman–Crippen MR) is 58.0 cm³/mol. The Hall–Kier alpha value is -1.69. The number of imidazole rings is 1. The van der Waals surface area contributed by atoms with E-state index in [1.807, 2.05) is 11.5 Å². The molecule has 15 heavy (non-hydrogen) atoms. The van der Waals surface area contributed by atoms with Crippen LogP contribution in [0.1, 0.15) is 13.3 Å². The van der Waals surface area contributed by atoms with Gasteiger partial charge in [0.1, 0.15) is 11.8 Å². The van der Waals surface area contributed by atoms with E-state index in [2.05, 4.69) is 15.0 Å². The molecule has 2 heterocycles. The summed E-state index contributed by atoms with van der Waals surface area (Å²) in [7, 11) is 0. The van der Waals surface area contributed by atoms with Gasteiger partial charge >= 0.3 is 0 Å². The van der Waals surface area contributed by atoms with Crippen molar-refractivity contribution >= 4 is 17.0 Å². The van der Waals surface area contributed by atoms with E-state index in [4.69, 9.17) is 11.5 Å². The van der Waals surface area contributed by atoms with Crippen molar-refractivity contribution in [2.75, 3.05) is 5.73 Å². The lowest BCUT2D eigenvalue weighted by molar-refractivity contribution is 0.545. The number of rotatable bonds is 3. The molecule has 0 bridgehead atoms. The summed E-state index contributed by atoms with van der Waals surface area (Å²) in [6.07, 6.45) is 4.05. The third-order valence-corrected chi connectivity index (χ3v) is 2.39. The SMILES string of the molecule is CC[C@@H](N)Cn1cnc2c(N)ncnc21. The van der Waals surface area contributed by atoms with Gasteiger partial charge in [-0.15, -0.1) is 0 Å². The quantitative estimate of drug-likeness (QED) is 0.745. The van der Waals surface area contributed by atoms with Gasteiger partial charge in [0.15, 0.2) is 11.5 Å². The van der Waals surface area contributed by atoms with Crippen LogP contribution in [0.15, 0.2) is 12.7 Å². The maximum Gasteiger partial charge on any atom is 0.165 e. The number of aromatic nitrogens is 4. The standard InChI is InChI=1S/C9H14N6/c1-2-6(10)3-15-5-14-7-8(11)12-4-13-9(7)15/h4-6H,2-3,10H2,1H3,(H2,11,12,13)/t6-/m1/s1. The molecule has 4 N–H and O–H groups in total. The molecule has 0 aliphatic carbocycles. The zero-order chi connectivity index (χ0) is 10.8. The Kier molecular flexibility index (Phi) is 2.51. The molecule has 0 aliphatic rings. The molecule has 0 fully saturated rings. The van der Waals surface area contributed by atoms with Crippen LogP contribution in [0, 0.1) is 0 Å². The van der Waals surface area contributed by atoms with Crippen LogP contribution < -0.4 is 11.5 Å². The molecule has 0 spiro atoms. The first-order valence-electron chi connectivity index (χ1n) is 4.89. The van der Waals surface area contributed by atoms with E-state index < -0.39 is 0 Å². The van der Waals surface area contributed by atoms with Crippen LogP contribution in [-0.2, 0) is 6.54 Å². The van der Waals surface area contributed by atoms with Crippen molar-refractivity contribution in [1.82, 2.24) is 19.5 Å². The molecule has 6 heteroatoms. The topological polar surface area (TPSA) is 95.6 Å². The highest BCUT2D eigenvalue weighted by molar-refractivity contribution is 5.81. The molecule has 0 radical (unpaired) electrons. The van der Waals surface area contributed by atoms with Crippen LogP contribution in [0.5, 0.6) is 0 Å². The first kappa shape index (κ1) is 9.85. The number of nitrogens with two attached hydrogens (primary N) is 2. The van der Waals surface area contributed by atoms with Crippen LogP contribution in [0.3, 0.4) is 0 Å². The number of hydrogen-bond acceptors (Lipinski definition) is 5. The predicted octanol–water partition coefficient (Wildman–Crippen LogP) is 0.146. The molecule has 6 nitrogen and oxygen atoms in total. The highest BCUT2D eigenvalue weighted by atomic mass is 15.1. The minimum absolute atomic E-state index is 0.110. The smallest absolute Gasteiger partial charge is 0.165 e. The molecule has 2 aromatic rings. The van der Waals surface area contributed by atoms with Gasteiger partial charge in [0.05, 0.1) is 6.33 Å². The van der Waals surface area contributed by atoms with Crippen molar-refractivity contribution in [3.63, 3.8) is 0 Å². The third kappa shape index (κ3) is 1.75. The van der Waals surface area contributed by atoms with Gasteiger partial charge in [-0.05, 0) is 6.42 Å². The molecule has 2 rings (SSSR count). The van der Waals surface area contributed by atoms with Gasteiger partial charge in [-0.25, -0.2) is 15.0 Å². The number of nitrogens with zero attached hydrogens (tertiary/aromatic N) is 4. The monoisotopic (exact) mass is 206 g/mol. The second-order valence-electron chi connectivity index (χ2n) is 3.50. The number of anilines is 1. The summed E-state index contributed by atoms with van der Waals surface area (Å²) in [5.74, 6) is 0.406. The highest BCUT2D eigenvalue weighted by Crippen LogP contribution is 2.14. The average Bonchev–Trinajstić information content (AvgIpc) is 2.63. The minimum Gasteiger partial charge on any atom is -0.382 e. The Bertz CT molecular complexity index is 463. The van der Waals surface area contributed by atoms with Gasteiger partial charge in [0.2, 0.25) is 0 Å². The minimum atomic E-state index is 0.110. The lowest BCUT2D eigenvalue weighted by Crippen LogP contribution is -2.24. The van der Waals surface area contributed by atoms with Crippen LogP contribution in [0.2, 0.25) is 0 Å².